The number of oxazole rings is 1. The second-order valence-corrected chi connectivity index (χ2v) is 11.4. The summed E-state index contributed by atoms with van der Waals surface area (Å²) in [4.78, 5) is 13.5. The van der Waals surface area contributed by atoms with E-state index in [1.54, 1.807) is 12.5 Å². The van der Waals surface area contributed by atoms with Crippen molar-refractivity contribution < 1.29 is 18.6 Å². The molecule has 0 N–H and O–H groups in total. The van der Waals surface area contributed by atoms with Gasteiger partial charge in [-0.1, -0.05) is 36.7 Å². The first-order valence-corrected chi connectivity index (χ1v) is 15.1. The number of hydrogen-bond donors (Lipinski definition) is 0. The summed E-state index contributed by atoms with van der Waals surface area (Å²) in [6.07, 6.45) is 6.16. The number of nitrogens with zero attached hydrogens (tertiary/aromatic N) is 5. The lowest BCUT2D eigenvalue weighted by molar-refractivity contribution is -0.189. The Labute approximate surface area is 255 Å². The van der Waals surface area contributed by atoms with Gasteiger partial charge in [0.05, 0.1) is 19.5 Å². The summed E-state index contributed by atoms with van der Waals surface area (Å²) < 4.78 is 26.9. The minimum atomic E-state index is -0.943. The fraction of sp³-hybridized carbons (Fsp3) is 0.333. The summed E-state index contributed by atoms with van der Waals surface area (Å²) >= 11 is 6.14. The molecule has 2 fully saturated rings. The van der Waals surface area contributed by atoms with Crippen molar-refractivity contribution in [1.82, 2.24) is 14.5 Å². The van der Waals surface area contributed by atoms with E-state index >= 15 is 0 Å². The highest BCUT2D eigenvalue weighted by atomic mass is 35.5. The summed E-state index contributed by atoms with van der Waals surface area (Å²) in [5, 5.41) is 0.665. The number of halogens is 1. The van der Waals surface area contributed by atoms with Gasteiger partial charge in [-0.2, -0.15) is 4.98 Å². The average Bonchev–Trinajstić information content (AvgIpc) is 3.81. The maximum Gasteiger partial charge on any atom is 0.298 e. The van der Waals surface area contributed by atoms with Crippen LogP contribution < -0.4 is 14.5 Å². The predicted molar refractivity (Wildman–Crippen MR) is 166 cm³/mol. The van der Waals surface area contributed by atoms with Crippen LogP contribution in [-0.4, -0.2) is 60.0 Å². The van der Waals surface area contributed by atoms with Crippen LogP contribution >= 0.6 is 11.6 Å². The first-order valence-electron chi connectivity index (χ1n) is 14.7. The number of ether oxygens (including phenoxy) is 3. The molecule has 222 valence electrons. The molecule has 0 radical (unpaired) electrons. The van der Waals surface area contributed by atoms with Gasteiger partial charge in [-0.3, -0.25) is 0 Å². The number of imidazole rings is 1. The monoisotopic (exact) mass is 599 g/mol. The fourth-order valence-electron chi connectivity index (χ4n) is 5.71. The molecule has 0 bridgehead atoms. The van der Waals surface area contributed by atoms with Gasteiger partial charge < -0.3 is 33.0 Å². The van der Waals surface area contributed by atoms with Crippen LogP contribution in [0.5, 0.6) is 5.75 Å². The van der Waals surface area contributed by atoms with E-state index in [1.807, 2.05) is 53.2 Å². The molecule has 0 spiro atoms. The molecule has 2 aromatic heterocycles. The SMILES string of the molecule is CCc1ccc2oc(N3CCN(c4ccc(OCC5COC(Cn6ccnc6)(c6ccc(Cl)cc6)O5)cc4)CC3)nc2c1. The predicted octanol–water partition coefficient (Wildman–Crippen LogP) is 5.91. The van der Waals surface area contributed by atoms with Crippen molar-refractivity contribution in [2.75, 3.05) is 49.2 Å². The lowest BCUT2D eigenvalue weighted by Crippen LogP contribution is -2.46. The topological polar surface area (TPSA) is 78.0 Å². The fourth-order valence-corrected chi connectivity index (χ4v) is 5.84. The summed E-state index contributed by atoms with van der Waals surface area (Å²) in [6.45, 7) is 6.88. The van der Waals surface area contributed by atoms with Gasteiger partial charge in [0, 0.05) is 54.8 Å². The number of aromatic nitrogens is 3. The zero-order chi connectivity index (χ0) is 29.2. The van der Waals surface area contributed by atoms with Crippen molar-refractivity contribution in [3.8, 4) is 5.75 Å². The Balaban J connectivity index is 0.940. The lowest BCUT2D eigenvalue weighted by Gasteiger charge is -2.35. The van der Waals surface area contributed by atoms with Gasteiger partial charge in [-0.25, -0.2) is 4.98 Å². The van der Waals surface area contributed by atoms with Crippen LogP contribution in [0.15, 0.2) is 89.9 Å². The number of aryl methyl sites for hydroxylation is 1. The molecule has 0 saturated carbocycles. The molecule has 10 heteroatoms. The van der Waals surface area contributed by atoms with Gasteiger partial charge in [-0.05, 0) is 60.5 Å². The minimum absolute atomic E-state index is 0.229. The normalized spacial score (nSPS) is 20.7. The van der Waals surface area contributed by atoms with Crippen molar-refractivity contribution in [2.24, 2.45) is 0 Å². The van der Waals surface area contributed by atoms with E-state index < -0.39 is 5.79 Å². The molecular weight excluding hydrogens is 566 g/mol. The molecule has 2 saturated heterocycles. The second kappa shape index (κ2) is 11.9. The van der Waals surface area contributed by atoms with Gasteiger partial charge in [0.15, 0.2) is 5.58 Å². The Morgan fingerprint density at radius 2 is 1.77 bits per heavy atom. The zero-order valence-electron chi connectivity index (χ0n) is 24.1. The molecule has 2 atom stereocenters. The summed E-state index contributed by atoms with van der Waals surface area (Å²) in [7, 11) is 0. The highest BCUT2D eigenvalue weighted by Crippen LogP contribution is 2.37. The molecule has 0 amide bonds. The van der Waals surface area contributed by atoms with Crippen LogP contribution in [0.1, 0.15) is 18.1 Å². The van der Waals surface area contributed by atoms with Gasteiger partial charge in [0.2, 0.25) is 5.79 Å². The maximum atomic E-state index is 6.50. The molecule has 9 nitrogen and oxygen atoms in total. The van der Waals surface area contributed by atoms with Crippen LogP contribution in [-0.2, 0) is 28.2 Å². The van der Waals surface area contributed by atoms with E-state index in [0.29, 0.717) is 30.8 Å². The number of rotatable bonds is 9. The number of piperazine rings is 1. The van der Waals surface area contributed by atoms with Crippen LogP contribution in [0.4, 0.5) is 11.7 Å². The number of hydrogen-bond acceptors (Lipinski definition) is 8. The summed E-state index contributed by atoms with van der Waals surface area (Å²) in [5.74, 6) is -0.149. The van der Waals surface area contributed by atoms with Crippen molar-refractivity contribution in [3.05, 3.63) is 102 Å². The van der Waals surface area contributed by atoms with E-state index in [9.17, 15) is 0 Å². The Kier molecular flexibility index (Phi) is 7.69. The first kappa shape index (κ1) is 27.8. The Morgan fingerprint density at radius 1 is 0.977 bits per heavy atom. The van der Waals surface area contributed by atoms with Gasteiger partial charge in [0.1, 0.15) is 24.0 Å². The average molecular weight is 600 g/mol. The molecule has 2 aliphatic heterocycles. The molecule has 0 aliphatic carbocycles. The maximum absolute atomic E-state index is 6.50. The Morgan fingerprint density at radius 3 is 2.51 bits per heavy atom. The van der Waals surface area contributed by atoms with Gasteiger partial charge in [-0.15, -0.1) is 0 Å². The largest absolute Gasteiger partial charge is 0.491 e. The van der Waals surface area contributed by atoms with Crippen molar-refractivity contribution in [1.29, 1.82) is 0 Å². The van der Waals surface area contributed by atoms with Crippen LogP contribution in [0.2, 0.25) is 5.02 Å². The standard InChI is InChI=1S/C33H34ClN5O4/c1-2-24-3-12-31-30(19-24)36-32(42-31)39-17-15-38(16-18-39)27-8-10-28(11-9-27)40-20-29-21-41-33(43-29,22-37-14-13-35-23-37)25-4-6-26(34)7-5-25/h3-14,19,23,29H,2,15-18,20-22H2,1H3. The number of benzene rings is 3. The number of anilines is 2. The molecule has 3 aromatic carbocycles. The van der Waals surface area contributed by atoms with E-state index in [0.717, 1.165) is 55.0 Å². The molecular formula is C33H34ClN5O4. The smallest absolute Gasteiger partial charge is 0.298 e. The zero-order valence-corrected chi connectivity index (χ0v) is 24.8. The molecule has 4 heterocycles. The van der Waals surface area contributed by atoms with Crippen molar-refractivity contribution in [2.45, 2.75) is 31.8 Å². The highest BCUT2D eigenvalue weighted by Gasteiger charge is 2.44. The summed E-state index contributed by atoms with van der Waals surface area (Å²) in [6, 6.07) is 22.8. The van der Waals surface area contributed by atoms with Crippen LogP contribution in [0.3, 0.4) is 0 Å². The second-order valence-electron chi connectivity index (χ2n) is 11.0. The van der Waals surface area contributed by atoms with Crippen molar-refractivity contribution >= 4 is 34.4 Å². The minimum Gasteiger partial charge on any atom is -0.491 e. The van der Waals surface area contributed by atoms with E-state index in [2.05, 4.69) is 46.0 Å². The highest BCUT2D eigenvalue weighted by molar-refractivity contribution is 6.30. The Hall–Kier alpha value is -4.05. The van der Waals surface area contributed by atoms with Crippen molar-refractivity contribution in [3.63, 3.8) is 0 Å². The molecule has 5 aromatic rings. The third kappa shape index (κ3) is 5.93. The summed E-state index contributed by atoms with van der Waals surface area (Å²) in [5.41, 5.74) is 5.11. The first-order chi connectivity index (χ1) is 21.1. The lowest BCUT2D eigenvalue weighted by atomic mass is 10.1. The van der Waals surface area contributed by atoms with Crippen LogP contribution in [0, 0.1) is 0 Å². The van der Waals surface area contributed by atoms with Gasteiger partial charge in [0.25, 0.3) is 6.01 Å². The number of fused-ring (bicyclic) bond motifs is 1. The molecule has 43 heavy (non-hydrogen) atoms. The third-order valence-corrected chi connectivity index (χ3v) is 8.38. The van der Waals surface area contributed by atoms with E-state index in [4.69, 9.17) is 35.2 Å². The third-order valence-electron chi connectivity index (χ3n) is 8.13. The molecule has 7 rings (SSSR count). The van der Waals surface area contributed by atoms with E-state index in [-0.39, 0.29) is 6.10 Å². The molecule has 2 aliphatic rings. The quantitative estimate of drug-likeness (QED) is 0.207. The van der Waals surface area contributed by atoms with E-state index in [1.165, 1.54) is 11.3 Å². The Bertz CT molecular complexity index is 1650. The van der Waals surface area contributed by atoms with Crippen LogP contribution in [0.25, 0.3) is 11.1 Å². The molecule has 2 unspecified atom stereocenters. The van der Waals surface area contributed by atoms with Gasteiger partial charge >= 0.3 is 0 Å².